The Hall–Kier alpha value is 0.01000. The van der Waals surface area contributed by atoms with E-state index in [2.05, 4.69) is 41.1 Å². The average molecular weight is 274 g/mol. The predicted molar refractivity (Wildman–Crippen MR) is 67.9 cm³/mol. The van der Waals surface area contributed by atoms with E-state index in [9.17, 15) is 0 Å². The Labute approximate surface area is 98.6 Å². The molecule has 0 amide bonds. The second-order valence-electron chi connectivity index (χ2n) is 3.14. The van der Waals surface area contributed by atoms with E-state index in [-0.39, 0.29) is 0 Å². The lowest BCUT2D eigenvalue weighted by atomic mass is 10.1. The quantitative estimate of drug-likeness (QED) is 0.832. The molecule has 0 unspecified atom stereocenters. The summed E-state index contributed by atoms with van der Waals surface area (Å²) in [5.74, 6) is 1.18. The van der Waals surface area contributed by atoms with Crippen molar-refractivity contribution in [1.82, 2.24) is 0 Å². The molecule has 0 saturated heterocycles. The highest BCUT2D eigenvalue weighted by Gasteiger charge is 2.00. The minimum absolute atomic E-state index is 0.708. The van der Waals surface area contributed by atoms with Crippen LogP contribution in [0, 0.1) is 0 Å². The van der Waals surface area contributed by atoms with E-state index in [4.69, 9.17) is 5.73 Å². The number of rotatable bonds is 5. The number of halogens is 1. The highest BCUT2D eigenvalue weighted by Crippen LogP contribution is 2.25. The molecule has 0 radical (unpaired) electrons. The van der Waals surface area contributed by atoms with Crippen molar-refractivity contribution in [3.63, 3.8) is 0 Å². The molecule has 0 aliphatic carbocycles. The zero-order chi connectivity index (χ0) is 10.4. The van der Waals surface area contributed by atoms with Crippen LogP contribution in [0.25, 0.3) is 0 Å². The summed E-state index contributed by atoms with van der Waals surface area (Å²) in [5, 5.41) is 0. The van der Waals surface area contributed by atoms with Crippen molar-refractivity contribution < 1.29 is 0 Å². The molecular weight excluding hydrogens is 258 g/mol. The molecule has 3 heteroatoms. The molecule has 0 aliphatic heterocycles. The van der Waals surface area contributed by atoms with Gasteiger partial charge in [0.2, 0.25) is 0 Å². The molecule has 0 aromatic heterocycles. The fraction of sp³-hybridized carbons (Fsp3) is 0.455. The smallest absolute Gasteiger partial charge is 0.0218 e. The highest BCUT2D eigenvalue weighted by atomic mass is 79.9. The van der Waals surface area contributed by atoms with Gasteiger partial charge in [0.1, 0.15) is 0 Å². The van der Waals surface area contributed by atoms with Crippen molar-refractivity contribution in [2.24, 2.45) is 5.73 Å². The minimum atomic E-state index is 0.708. The average Bonchev–Trinajstić information content (AvgIpc) is 2.19. The summed E-state index contributed by atoms with van der Waals surface area (Å²) < 4.78 is 1.18. The third kappa shape index (κ3) is 3.64. The number of thioether (sulfide) groups is 1. The Morgan fingerprint density at radius 1 is 1.43 bits per heavy atom. The standard InChI is InChI=1S/C11H16BrNS/c1-2-7-14-10-4-3-9(5-6-13)11(12)8-10/h3-4,8H,2,5-7,13H2,1H3. The highest BCUT2D eigenvalue weighted by molar-refractivity contribution is 9.10. The van der Waals surface area contributed by atoms with Crippen molar-refractivity contribution in [3.05, 3.63) is 28.2 Å². The van der Waals surface area contributed by atoms with Crippen molar-refractivity contribution in [1.29, 1.82) is 0 Å². The van der Waals surface area contributed by atoms with E-state index in [0.29, 0.717) is 6.54 Å². The molecule has 0 aliphatic rings. The molecule has 78 valence electrons. The molecule has 1 nitrogen and oxygen atoms in total. The summed E-state index contributed by atoms with van der Waals surface area (Å²) >= 11 is 5.47. The van der Waals surface area contributed by atoms with Gasteiger partial charge in [0.05, 0.1) is 0 Å². The van der Waals surface area contributed by atoms with Crippen molar-refractivity contribution in [2.45, 2.75) is 24.7 Å². The molecule has 14 heavy (non-hydrogen) atoms. The van der Waals surface area contributed by atoms with Gasteiger partial charge in [-0.05, 0) is 42.8 Å². The lowest BCUT2D eigenvalue weighted by Gasteiger charge is -2.05. The van der Waals surface area contributed by atoms with Gasteiger partial charge in [-0.3, -0.25) is 0 Å². The van der Waals surface area contributed by atoms with E-state index in [1.165, 1.54) is 27.1 Å². The zero-order valence-electron chi connectivity index (χ0n) is 8.42. The summed E-state index contributed by atoms with van der Waals surface area (Å²) in [6.45, 7) is 2.91. The number of hydrogen-bond acceptors (Lipinski definition) is 2. The Morgan fingerprint density at radius 2 is 2.21 bits per heavy atom. The molecule has 0 bridgehead atoms. The second kappa shape index (κ2) is 6.49. The summed E-state index contributed by atoms with van der Waals surface area (Å²) in [7, 11) is 0. The first-order valence-electron chi connectivity index (χ1n) is 4.89. The zero-order valence-corrected chi connectivity index (χ0v) is 10.8. The Balaban J connectivity index is 2.68. The van der Waals surface area contributed by atoms with Crippen molar-refractivity contribution in [2.75, 3.05) is 12.3 Å². The van der Waals surface area contributed by atoms with Gasteiger partial charge >= 0.3 is 0 Å². The van der Waals surface area contributed by atoms with Gasteiger partial charge in [-0.2, -0.15) is 0 Å². The summed E-state index contributed by atoms with van der Waals surface area (Å²) in [4.78, 5) is 1.33. The molecule has 1 aromatic rings. The fourth-order valence-corrected chi connectivity index (χ4v) is 2.73. The lowest BCUT2D eigenvalue weighted by molar-refractivity contribution is 0.960. The van der Waals surface area contributed by atoms with E-state index in [1.54, 1.807) is 0 Å². The molecule has 2 N–H and O–H groups in total. The van der Waals surface area contributed by atoms with Crippen LogP contribution in [-0.4, -0.2) is 12.3 Å². The first-order chi connectivity index (χ1) is 6.77. The number of hydrogen-bond donors (Lipinski definition) is 1. The monoisotopic (exact) mass is 273 g/mol. The summed E-state index contributed by atoms with van der Waals surface area (Å²) in [6.07, 6.45) is 2.16. The van der Waals surface area contributed by atoms with Crippen LogP contribution in [0.15, 0.2) is 27.6 Å². The molecule has 1 rings (SSSR count). The predicted octanol–water partition coefficient (Wildman–Crippen LogP) is 3.45. The molecule has 0 saturated carbocycles. The van der Waals surface area contributed by atoms with Crippen LogP contribution in [0.2, 0.25) is 0 Å². The van der Waals surface area contributed by atoms with Gasteiger partial charge in [0.15, 0.2) is 0 Å². The fourth-order valence-electron chi connectivity index (χ4n) is 1.20. The molecule has 1 aromatic carbocycles. The van der Waals surface area contributed by atoms with E-state index in [0.717, 1.165) is 6.42 Å². The minimum Gasteiger partial charge on any atom is -0.330 e. The Kier molecular flexibility index (Phi) is 5.60. The third-order valence-electron chi connectivity index (χ3n) is 1.91. The van der Waals surface area contributed by atoms with Crippen LogP contribution in [0.5, 0.6) is 0 Å². The first-order valence-corrected chi connectivity index (χ1v) is 6.67. The van der Waals surface area contributed by atoms with Gasteiger partial charge in [-0.1, -0.05) is 28.9 Å². The maximum absolute atomic E-state index is 5.52. The first kappa shape index (κ1) is 12.1. The van der Waals surface area contributed by atoms with Gasteiger partial charge in [-0.25, -0.2) is 0 Å². The number of nitrogens with two attached hydrogens (primary N) is 1. The third-order valence-corrected chi connectivity index (χ3v) is 3.85. The molecule has 0 spiro atoms. The second-order valence-corrected chi connectivity index (χ2v) is 5.16. The van der Waals surface area contributed by atoms with E-state index < -0.39 is 0 Å². The topological polar surface area (TPSA) is 26.0 Å². The Morgan fingerprint density at radius 3 is 2.79 bits per heavy atom. The van der Waals surface area contributed by atoms with Crippen molar-refractivity contribution in [3.8, 4) is 0 Å². The van der Waals surface area contributed by atoms with E-state index in [1.807, 2.05) is 11.8 Å². The van der Waals surface area contributed by atoms with Crippen LogP contribution in [-0.2, 0) is 6.42 Å². The van der Waals surface area contributed by atoms with Crippen LogP contribution in [0.4, 0.5) is 0 Å². The molecular formula is C11H16BrNS. The van der Waals surface area contributed by atoms with Crippen molar-refractivity contribution >= 4 is 27.7 Å². The van der Waals surface area contributed by atoms with Gasteiger partial charge < -0.3 is 5.73 Å². The summed E-state index contributed by atoms with van der Waals surface area (Å²) in [5.41, 5.74) is 6.82. The summed E-state index contributed by atoms with van der Waals surface area (Å²) in [6, 6.07) is 6.52. The van der Waals surface area contributed by atoms with Crippen LogP contribution in [0.1, 0.15) is 18.9 Å². The van der Waals surface area contributed by atoms with Gasteiger partial charge in [0.25, 0.3) is 0 Å². The maximum Gasteiger partial charge on any atom is 0.0218 e. The largest absolute Gasteiger partial charge is 0.330 e. The Bertz CT molecular complexity index is 289. The molecule has 0 fully saturated rings. The molecule has 0 atom stereocenters. The van der Waals surface area contributed by atoms with Gasteiger partial charge in [-0.15, -0.1) is 11.8 Å². The van der Waals surface area contributed by atoms with E-state index >= 15 is 0 Å². The number of benzene rings is 1. The molecule has 0 heterocycles. The van der Waals surface area contributed by atoms with Gasteiger partial charge in [0, 0.05) is 9.37 Å². The van der Waals surface area contributed by atoms with Crippen LogP contribution < -0.4 is 5.73 Å². The van der Waals surface area contributed by atoms with Crippen LogP contribution >= 0.6 is 27.7 Å². The lowest BCUT2D eigenvalue weighted by Crippen LogP contribution is -2.03. The maximum atomic E-state index is 5.52. The normalized spacial score (nSPS) is 10.5. The SMILES string of the molecule is CCCSc1ccc(CCN)c(Br)c1. The van der Waals surface area contributed by atoms with Crippen LogP contribution in [0.3, 0.4) is 0 Å².